The Morgan fingerprint density at radius 2 is 1.86 bits per heavy atom. The van der Waals surface area contributed by atoms with Crippen LogP contribution in [0.5, 0.6) is 5.75 Å². The number of amides is 1. The van der Waals surface area contributed by atoms with Crippen molar-refractivity contribution in [2.45, 2.75) is 31.9 Å². The number of methoxy groups -OCH3 is 2. The van der Waals surface area contributed by atoms with E-state index in [1.165, 1.54) is 7.11 Å². The maximum absolute atomic E-state index is 11.8. The molecule has 1 aromatic rings. The highest BCUT2D eigenvalue weighted by Gasteiger charge is 2.22. The number of rotatable bonds is 8. The summed E-state index contributed by atoms with van der Waals surface area (Å²) in [5.74, 6) is -0.793. The SMILES string of the molecule is COc1ccc(C(NC(=O)CCC(C)OC)C(=O)O)cc1. The molecule has 1 amide bonds. The van der Waals surface area contributed by atoms with Crippen LogP contribution < -0.4 is 10.1 Å². The van der Waals surface area contributed by atoms with Crippen LogP contribution in [0.25, 0.3) is 0 Å². The van der Waals surface area contributed by atoms with E-state index in [0.29, 0.717) is 17.7 Å². The van der Waals surface area contributed by atoms with Crippen molar-refractivity contribution in [3.05, 3.63) is 29.8 Å². The Hall–Kier alpha value is -2.08. The molecule has 0 aromatic heterocycles. The normalized spacial score (nSPS) is 13.3. The van der Waals surface area contributed by atoms with Crippen molar-refractivity contribution in [2.75, 3.05) is 14.2 Å². The highest BCUT2D eigenvalue weighted by molar-refractivity contribution is 5.84. The molecule has 1 aromatic carbocycles. The second kappa shape index (κ2) is 8.26. The maximum Gasteiger partial charge on any atom is 0.330 e. The average molecular weight is 295 g/mol. The topological polar surface area (TPSA) is 84.9 Å². The first-order valence-electron chi connectivity index (χ1n) is 6.66. The quantitative estimate of drug-likeness (QED) is 0.763. The number of benzene rings is 1. The van der Waals surface area contributed by atoms with E-state index in [1.807, 2.05) is 6.92 Å². The van der Waals surface area contributed by atoms with Crippen LogP contribution in [-0.4, -0.2) is 37.3 Å². The van der Waals surface area contributed by atoms with Crippen LogP contribution in [0.1, 0.15) is 31.4 Å². The van der Waals surface area contributed by atoms with E-state index < -0.39 is 12.0 Å². The van der Waals surface area contributed by atoms with Crippen LogP contribution in [0.4, 0.5) is 0 Å². The molecule has 1 rings (SSSR count). The summed E-state index contributed by atoms with van der Waals surface area (Å²) in [4.78, 5) is 23.1. The molecule has 116 valence electrons. The summed E-state index contributed by atoms with van der Waals surface area (Å²) in [7, 11) is 3.10. The molecule has 6 nitrogen and oxygen atoms in total. The Labute approximate surface area is 124 Å². The number of hydrogen-bond acceptors (Lipinski definition) is 4. The summed E-state index contributed by atoms with van der Waals surface area (Å²) in [5, 5.41) is 11.8. The van der Waals surface area contributed by atoms with Gasteiger partial charge < -0.3 is 19.9 Å². The van der Waals surface area contributed by atoms with Gasteiger partial charge in [-0.1, -0.05) is 12.1 Å². The van der Waals surface area contributed by atoms with Crippen molar-refractivity contribution < 1.29 is 24.2 Å². The monoisotopic (exact) mass is 295 g/mol. The molecule has 0 aliphatic carbocycles. The number of hydrogen-bond donors (Lipinski definition) is 2. The summed E-state index contributed by atoms with van der Waals surface area (Å²) < 4.78 is 10.1. The largest absolute Gasteiger partial charge is 0.497 e. The van der Waals surface area contributed by atoms with E-state index in [-0.39, 0.29) is 18.4 Å². The van der Waals surface area contributed by atoms with Crippen molar-refractivity contribution >= 4 is 11.9 Å². The Morgan fingerprint density at radius 1 is 1.24 bits per heavy atom. The van der Waals surface area contributed by atoms with E-state index >= 15 is 0 Å². The van der Waals surface area contributed by atoms with Gasteiger partial charge in [0, 0.05) is 13.5 Å². The fraction of sp³-hybridized carbons (Fsp3) is 0.467. The van der Waals surface area contributed by atoms with Gasteiger partial charge in [-0.3, -0.25) is 4.79 Å². The first-order valence-corrected chi connectivity index (χ1v) is 6.66. The van der Waals surface area contributed by atoms with Crippen LogP contribution >= 0.6 is 0 Å². The molecule has 0 saturated heterocycles. The van der Waals surface area contributed by atoms with Crippen LogP contribution in [-0.2, 0) is 14.3 Å². The van der Waals surface area contributed by atoms with Gasteiger partial charge in [0.1, 0.15) is 5.75 Å². The lowest BCUT2D eigenvalue weighted by Gasteiger charge is -2.16. The number of carboxylic acid groups (broad SMARTS) is 1. The molecular weight excluding hydrogens is 274 g/mol. The standard InChI is InChI=1S/C15H21NO5/c1-10(20-2)4-9-13(17)16-14(15(18)19)11-5-7-12(21-3)8-6-11/h5-8,10,14H,4,9H2,1-3H3,(H,16,17)(H,18,19). The molecule has 2 atom stereocenters. The van der Waals surface area contributed by atoms with Crippen LogP contribution in [0.15, 0.2) is 24.3 Å². The van der Waals surface area contributed by atoms with Crippen LogP contribution in [0.3, 0.4) is 0 Å². The molecular formula is C15H21NO5. The number of aliphatic carboxylic acids is 1. The fourth-order valence-electron chi connectivity index (χ4n) is 1.77. The molecule has 2 unspecified atom stereocenters. The molecule has 0 fully saturated rings. The number of carbonyl (C=O) groups excluding carboxylic acids is 1. The smallest absolute Gasteiger partial charge is 0.330 e. The molecule has 0 spiro atoms. The molecule has 0 radical (unpaired) electrons. The molecule has 21 heavy (non-hydrogen) atoms. The van der Waals surface area contributed by atoms with Gasteiger partial charge in [-0.2, -0.15) is 0 Å². The van der Waals surface area contributed by atoms with E-state index in [9.17, 15) is 14.7 Å². The third kappa shape index (κ3) is 5.43. The molecule has 0 aliphatic heterocycles. The number of ether oxygens (including phenoxy) is 2. The van der Waals surface area contributed by atoms with Gasteiger partial charge in [0.05, 0.1) is 13.2 Å². The first-order chi connectivity index (χ1) is 9.97. The van der Waals surface area contributed by atoms with Crippen LogP contribution in [0.2, 0.25) is 0 Å². The minimum absolute atomic E-state index is 0.0417. The molecule has 6 heteroatoms. The summed E-state index contributed by atoms with van der Waals surface area (Å²) >= 11 is 0. The Bertz CT molecular complexity index is 471. The summed E-state index contributed by atoms with van der Waals surface area (Å²) in [6.45, 7) is 1.85. The summed E-state index contributed by atoms with van der Waals surface area (Å²) in [5.41, 5.74) is 0.497. The van der Waals surface area contributed by atoms with Crippen molar-refractivity contribution in [3.8, 4) is 5.75 Å². The number of nitrogens with one attached hydrogen (secondary N) is 1. The molecule has 0 heterocycles. The Kier molecular flexibility index (Phi) is 6.68. The van der Waals surface area contributed by atoms with Gasteiger partial charge in [0.15, 0.2) is 6.04 Å². The predicted octanol–water partition coefficient (Wildman–Crippen LogP) is 1.75. The zero-order valence-electron chi connectivity index (χ0n) is 12.5. The lowest BCUT2D eigenvalue weighted by atomic mass is 10.1. The van der Waals surface area contributed by atoms with Crippen LogP contribution in [0, 0.1) is 0 Å². The van der Waals surface area contributed by atoms with Gasteiger partial charge in [-0.15, -0.1) is 0 Å². The van der Waals surface area contributed by atoms with Gasteiger partial charge in [-0.25, -0.2) is 4.79 Å². The van der Waals surface area contributed by atoms with Gasteiger partial charge in [0.25, 0.3) is 0 Å². The maximum atomic E-state index is 11.8. The van der Waals surface area contributed by atoms with E-state index in [0.717, 1.165) is 0 Å². The first kappa shape index (κ1) is 17.0. The third-order valence-electron chi connectivity index (χ3n) is 3.18. The predicted molar refractivity (Wildman–Crippen MR) is 77.2 cm³/mol. The lowest BCUT2D eigenvalue weighted by Crippen LogP contribution is -2.34. The summed E-state index contributed by atoms with van der Waals surface area (Å²) in [6.07, 6.45) is 0.715. The Balaban J connectivity index is 2.68. The molecule has 0 bridgehead atoms. The van der Waals surface area contributed by atoms with Gasteiger partial charge in [0.2, 0.25) is 5.91 Å². The zero-order valence-corrected chi connectivity index (χ0v) is 12.5. The number of carboxylic acids is 1. The minimum Gasteiger partial charge on any atom is -0.497 e. The molecule has 0 aliphatic rings. The highest BCUT2D eigenvalue weighted by atomic mass is 16.5. The van der Waals surface area contributed by atoms with Crippen molar-refractivity contribution in [1.29, 1.82) is 0 Å². The average Bonchev–Trinajstić information content (AvgIpc) is 2.50. The second-order valence-electron chi connectivity index (χ2n) is 4.70. The van der Waals surface area contributed by atoms with Gasteiger partial charge in [-0.05, 0) is 31.0 Å². The second-order valence-corrected chi connectivity index (χ2v) is 4.70. The number of carbonyl (C=O) groups is 2. The van der Waals surface area contributed by atoms with Crippen molar-refractivity contribution in [3.63, 3.8) is 0 Å². The molecule has 0 saturated carbocycles. The molecule has 2 N–H and O–H groups in total. The summed E-state index contributed by atoms with van der Waals surface area (Å²) in [6, 6.07) is 5.49. The van der Waals surface area contributed by atoms with Gasteiger partial charge >= 0.3 is 5.97 Å². The highest BCUT2D eigenvalue weighted by Crippen LogP contribution is 2.18. The van der Waals surface area contributed by atoms with E-state index in [4.69, 9.17) is 9.47 Å². The Morgan fingerprint density at radius 3 is 2.33 bits per heavy atom. The van der Waals surface area contributed by atoms with Crippen molar-refractivity contribution in [2.24, 2.45) is 0 Å². The van der Waals surface area contributed by atoms with E-state index in [2.05, 4.69) is 5.32 Å². The zero-order chi connectivity index (χ0) is 15.8. The van der Waals surface area contributed by atoms with Crippen molar-refractivity contribution in [1.82, 2.24) is 5.32 Å². The fourth-order valence-corrected chi connectivity index (χ4v) is 1.77. The van der Waals surface area contributed by atoms with E-state index in [1.54, 1.807) is 31.4 Å². The lowest BCUT2D eigenvalue weighted by molar-refractivity contribution is -0.142. The minimum atomic E-state index is -1.10. The third-order valence-corrected chi connectivity index (χ3v) is 3.18.